The fourth-order valence-electron chi connectivity index (χ4n) is 2.13. The van der Waals surface area contributed by atoms with Gasteiger partial charge in [0, 0.05) is 11.4 Å². The van der Waals surface area contributed by atoms with Gasteiger partial charge in [0.2, 0.25) is 5.91 Å². The van der Waals surface area contributed by atoms with Crippen molar-refractivity contribution in [2.75, 3.05) is 6.26 Å². The standard InChI is InChI=1S/C17H20N2OS/c1-17(16(18)20,14-8-10-15(21-2)11-9-14)19-12-13-6-4-3-5-7-13/h3-11,19H,12H2,1-2H3,(H2,18,20). The van der Waals surface area contributed by atoms with E-state index in [2.05, 4.69) is 5.32 Å². The molecule has 3 nitrogen and oxygen atoms in total. The summed E-state index contributed by atoms with van der Waals surface area (Å²) >= 11 is 1.67. The zero-order valence-corrected chi connectivity index (χ0v) is 13.1. The highest BCUT2D eigenvalue weighted by Gasteiger charge is 2.32. The predicted octanol–water partition coefficient (Wildman–Crippen LogP) is 2.90. The van der Waals surface area contributed by atoms with Crippen LogP contribution in [0.1, 0.15) is 18.1 Å². The lowest BCUT2D eigenvalue weighted by molar-refractivity contribution is -0.124. The van der Waals surface area contributed by atoms with Crippen LogP contribution in [-0.4, -0.2) is 12.2 Å². The fraction of sp³-hybridized carbons (Fsp3) is 0.235. The maximum absolute atomic E-state index is 12.0. The third kappa shape index (κ3) is 3.65. The Bertz CT molecular complexity index is 598. The number of carbonyl (C=O) groups is 1. The Morgan fingerprint density at radius 2 is 1.76 bits per heavy atom. The van der Waals surface area contributed by atoms with Crippen LogP contribution in [0.2, 0.25) is 0 Å². The van der Waals surface area contributed by atoms with E-state index in [1.54, 1.807) is 11.8 Å². The van der Waals surface area contributed by atoms with Gasteiger partial charge in [0.15, 0.2) is 0 Å². The van der Waals surface area contributed by atoms with Crippen molar-refractivity contribution < 1.29 is 4.79 Å². The molecule has 0 spiro atoms. The van der Waals surface area contributed by atoms with E-state index in [1.165, 1.54) is 0 Å². The molecule has 0 saturated carbocycles. The Hall–Kier alpha value is -1.78. The van der Waals surface area contributed by atoms with E-state index in [0.29, 0.717) is 6.54 Å². The van der Waals surface area contributed by atoms with Crippen LogP contribution in [0.25, 0.3) is 0 Å². The number of nitrogens with two attached hydrogens (primary N) is 1. The number of nitrogens with one attached hydrogen (secondary N) is 1. The number of thioether (sulfide) groups is 1. The third-order valence-electron chi connectivity index (χ3n) is 3.65. The highest BCUT2D eigenvalue weighted by Crippen LogP contribution is 2.24. The molecule has 0 aliphatic rings. The molecule has 0 bridgehead atoms. The Balaban J connectivity index is 2.21. The van der Waals surface area contributed by atoms with Crippen LogP contribution in [0.3, 0.4) is 0 Å². The zero-order valence-electron chi connectivity index (χ0n) is 12.3. The quantitative estimate of drug-likeness (QED) is 0.807. The van der Waals surface area contributed by atoms with Gasteiger partial charge >= 0.3 is 0 Å². The van der Waals surface area contributed by atoms with Crippen LogP contribution in [0.5, 0.6) is 0 Å². The summed E-state index contributed by atoms with van der Waals surface area (Å²) in [5, 5.41) is 3.28. The Morgan fingerprint density at radius 1 is 1.14 bits per heavy atom. The summed E-state index contributed by atoms with van der Waals surface area (Å²) < 4.78 is 0. The molecule has 0 aromatic heterocycles. The third-order valence-corrected chi connectivity index (χ3v) is 4.39. The molecule has 3 N–H and O–H groups in total. The van der Waals surface area contributed by atoms with Crippen molar-refractivity contribution in [3.05, 3.63) is 65.7 Å². The average Bonchev–Trinajstić information content (AvgIpc) is 2.53. The van der Waals surface area contributed by atoms with Crippen LogP contribution < -0.4 is 11.1 Å². The first-order valence-corrected chi connectivity index (χ1v) is 8.02. The molecule has 0 saturated heterocycles. The molecule has 110 valence electrons. The van der Waals surface area contributed by atoms with E-state index >= 15 is 0 Å². The first kappa shape index (κ1) is 15.6. The van der Waals surface area contributed by atoms with Crippen LogP contribution >= 0.6 is 11.8 Å². The van der Waals surface area contributed by atoms with Crippen LogP contribution in [0.4, 0.5) is 0 Å². The average molecular weight is 300 g/mol. The number of carbonyl (C=O) groups excluding carboxylic acids is 1. The number of rotatable bonds is 6. The fourth-order valence-corrected chi connectivity index (χ4v) is 2.54. The van der Waals surface area contributed by atoms with Crippen molar-refractivity contribution in [2.24, 2.45) is 5.73 Å². The molecule has 4 heteroatoms. The van der Waals surface area contributed by atoms with Gasteiger partial charge in [-0.15, -0.1) is 11.8 Å². The largest absolute Gasteiger partial charge is 0.368 e. The monoisotopic (exact) mass is 300 g/mol. The van der Waals surface area contributed by atoms with Crippen molar-refractivity contribution in [3.8, 4) is 0 Å². The maximum atomic E-state index is 12.0. The second-order valence-electron chi connectivity index (χ2n) is 5.06. The highest BCUT2D eigenvalue weighted by molar-refractivity contribution is 7.98. The van der Waals surface area contributed by atoms with E-state index in [1.807, 2.05) is 67.8 Å². The van der Waals surface area contributed by atoms with Gasteiger partial charge in [-0.3, -0.25) is 10.1 Å². The van der Waals surface area contributed by atoms with Gasteiger partial charge < -0.3 is 5.73 Å². The van der Waals surface area contributed by atoms with Crippen molar-refractivity contribution in [2.45, 2.75) is 23.9 Å². The van der Waals surface area contributed by atoms with Crippen molar-refractivity contribution >= 4 is 17.7 Å². The molecular formula is C17H20N2OS. The van der Waals surface area contributed by atoms with Gasteiger partial charge in [-0.05, 0) is 36.4 Å². The summed E-state index contributed by atoms with van der Waals surface area (Å²) in [5.74, 6) is -0.379. The highest BCUT2D eigenvalue weighted by atomic mass is 32.2. The molecule has 0 aliphatic carbocycles. The van der Waals surface area contributed by atoms with E-state index < -0.39 is 5.54 Å². The first-order valence-electron chi connectivity index (χ1n) is 6.79. The lowest BCUT2D eigenvalue weighted by Gasteiger charge is -2.28. The summed E-state index contributed by atoms with van der Waals surface area (Å²) in [5.41, 5.74) is 6.74. The van der Waals surface area contributed by atoms with E-state index in [9.17, 15) is 4.79 Å². The van der Waals surface area contributed by atoms with Gasteiger partial charge in [-0.1, -0.05) is 42.5 Å². The Kier molecular flexibility index (Phi) is 5.04. The molecule has 2 aromatic rings. The van der Waals surface area contributed by atoms with E-state index in [4.69, 9.17) is 5.73 Å². The van der Waals surface area contributed by atoms with E-state index in [0.717, 1.165) is 16.0 Å². The molecule has 2 rings (SSSR count). The Labute approximate surface area is 129 Å². The zero-order chi connectivity index (χ0) is 15.3. The smallest absolute Gasteiger partial charge is 0.242 e. The summed E-state index contributed by atoms with van der Waals surface area (Å²) in [6.45, 7) is 2.41. The van der Waals surface area contributed by atoms with Gasteiger partial charge in [0.05, 0.1) is 0 Å². The minimum atomic E-state index is -0.882. The van der Waals surface area contributed by atoms with Gasteiger partial charge in [-0.25, -0.2) is 0 Å². The first-order chi connectivity index (χ1) is 10.1. The topological polar surface area (TPSA) is 55.1 Å². The summed E-state index contributed by atoms with van der Waals surface area (Å²) in [7, 11) is 0. The minimum absolute atomic E-state index is 0.379. The molecule has 1 amide bonds. The Morgan fingerprint density at radius 3 is 2.29 bits per heavy atom. The SMILES string of the molecule is CSc1ccc(C(C)(NCc2ccccc2)C(N)=O)cc1. The molecule has 21 heavy (non-hydrogen) atoms. The number of hydrogen-bond acceptors (Lipinski definition) is 3. The molecule has 1 atom stereocenters. The van der Waals surface area contributed by atoms with Crippen molar-refractivity contribution in [1.29, 1.82) is 0 Å². The maximum Gasteiger partial charge on any atom is 0.242 e. The molecule has 0 heterocycles. The van der Waals surface area contributed by atoms with Crippen LogP contribution in [-0.2, 0) is 16.9 Å². The lowest BCUT2D eigenvalue weighted by atomic mass is 9.91. The predicted molar refractivity (Wildman–Crippen MR) is 88.1 cm³/mol. The summed E-state index contributed by atoms with van der Waals surface area (Å²) in [6, 6.07) is 17.9. The summed E-state index contributed by atoms with van der Waals surface area (Å²) in [4.78, 5) is 13.1. The van der Waals surface area contributed by atoms with Gasteiger partial charge in [0.1, 0.15) is 5.54 Å². The number of amides is 1. The molecule has 0 fully saturated rings. The number of hydrogen-bond donors (Lipinski definition) is 2. The molecule has 0 aliphatic heterocycles. The molecule has 0 radical (unpaired) electrons. The second-order valence-corrected chi connectivity index (χ2v) is 5.94. The normalized spacial score (nSPS) is 13.6. The number of primary amides is 1. The van der Waals surface area contributed by atoms with Crippen LogP contribution in [0.15, 0.2) is 59.5 Å². The van der Waals surface area contributed by atoms with Gasteiger partial charge in [0.25, 0.3) is 0 Å². The molecule has 2 aromatic carbocycles. The van der Waals surface area contributed by atoms with Crippen molar-refractivity contribution in [1.82, 2.24) is 5.32 Å². The summed E-state index contributed by atoms with van der Waals surface area (Å²) in [6.07, 6.45) is 2.02. The van der Waals surface area contributed by atoms with Gasteiger partial charge in [-0.2, -0.15) is 0 Å². The molecular weight excluding hydrogens is 280 g/mol. The van der Waals surface area contributed by atoms with Crippen molar-refractivity contribution in [3.63, 3.8) is 0 Å². The molecule has 1 unspecified atom stereocenters. The lowest BCUT2D eigenvalue weighted by Crippen LogP contribution is -2.50. The van der Waals surface area contributed by atoms with Crippen LogP contribution in [0, 0.1) is 0 Å². The number of benzene rings is 2. The second kappa shape index (κ2) is 6.78. The van der Waals surface area contributed by atoms with E-state index in [-0.39, 0.29) is 5.91 Å². The minimum Gasteiger partial charge on any atom is -0.368 e.